The molecular formula is C12H9ClS2. The summed E-state index contributed by atoms with van der Waals surface area (Å²) in [6.45, 7) is 0. The van der Waals surface area contributed by atoms with Crippen LogP contribution in [0, 0.1) is 0 Å². The highest BCUT2D eigenvalue weighted by Gasteiger charge is 1.96. The van der Waals surface area contributed by atoms with Crippen molar-refractivity contribution in [2.45, 2.75) is 14.7 Å². The number of benzene rings is 2. The van der Waals surface area contributed by atoms with Crippen molar-refractivity contribution in [2.24, 2.45) is 0 Å². The third-order valence-electron chi connectivity index (χ3n) is 1.89. The summed E-state index contributed by atoms with van der Waals surface area (Å²) in [6, 6.07) is 15.9. The van der Waals surface area contributed by atoms with Gasteiger partial charge in [-0.25, -0.2) is 0 Å². The van der Waals surface area contributed by atoms with Gasteiger partial charge in [-0.1, -0.05) is 23.4 Å². The highest BCUT2D eigenvalue weighted by molar-refractivity contribution is 7.99. The molecule has 0 nitrogen and oxygen atoms in total. The van der Waals surface area contributed by atoms with Gasteiger partial charge >= 0.3 is 0 Å². The Morgan fingerprint density at radius 1 is 0.800 bits per heavy atom. The third-order valence-corrected chi connectivity index (χ3v) is 3.45. The molecule has 3 heteroatoms. The van der Waals surface area contributed by atoms with E-state index in [1.807, 2.05) is 36.4 Å². The third kappa shape index (κ3) is 3.20. The number of rotatable bonds is 2. The van der Waals surface area contributed by atoms with Gasteiger partial charge in [0.1, 0.15) is 0 Å². The molecule has 0 amide bonds. The number of hydrogen-bond donors (Lipinski definition) is 1. The standard InChI is InChI=1S/C12H9ClS2/c13-9-1-5-11(6-2-9)15-12-7-3-10(14)4-8-12/h1-8,14H. The zero-order valence-electron chi connectivity index (χ0n) is 7.85. The van der Waals surface area contributed by atoms with Crippen LogP contribution in [0.25, 0.3) is 0 Å². The molecular weight excluding hydrogens is 244 g/mol. The Hall–Kier alpha value is -0.570. The second-order valence-corrected chi connectivity index (χ2v) is 5.15. The quantitative estimate of drug-likeness (QED) is 0.751. The maximum absolute atomic E-state index is 5.82. The lowest BCUT2D eigenvalue weighted by Crippen LogP contribution is -1.73. The first-order chi connectivity index (χ1) is 7.24. The largest absolute Gasteiger partial charge is 0.143 e. The van der Waals surface area contributed by atoms with E-state index in [9.17, 15) is 0 Å². The van der Waals surface area contributed by atoms with Gasteiger partial charge in [-0.15, -0.1) is 12.6 Å². The maximum Gasteiger partial charge on any atom is 0.0406 e. The molecule has 0 heterocycles. The molecule has 2 aromatic carbocycles. The van der Waals surface area contributed by atoms with Crippen LogP contribution >= 0.6 is 36.0 Å². The van der Waals surface area contributed by atoms with Crippen LogP contribution in [-0.4, -0.2) is 0 Å². The molecule has 76 valence electrons. The van der Waals surface area contributed by atoms with Crippen molar-refractivity contribution in [3.8, 4) is 0 Å². The van der Waals surface area contributed by atoms with Gasteiger partial charge < -0.3 is 0 Å². The van der Waals surface area contributed by atoms with Crippen molar-refractivity contribution in [3.05, 3.63) is 53.6 Å². The Morgan fingerprint density at radius 3 is 1.80 bits per heavy atom. The first-order valence-electron chi connectivity index (χ1n) is 4.46. The van der Waals surface area contributed by atoms with E-state index in [4.69, 9.17) is 11.6 Å². The van der Waals surface area contributed by atoms with Crippen LogP contribution in [-0.2, 0) is 0 Å². The molecule has 0 aromatic heterocycles. The summed E-state index contributed by atoms with van der Waals surface area (Å²) in [5.41, 5.74) is 0. The van der Waals surface area contributed by atoms with E-state index in [2.05, 4.69) is 24.8 Å². The molecule has 0 fully saturated rings. The minimum Gasteiger partial charge on any atom is -0.143 e. The van der Waals surface area contributed by atoms with Crippen molar-refractivity contribution >= 4 is 36.0 Å². The van der Waals surface area contributed by atoms with E-state index in [1.54, 1.807) is 11.8 Å². The zero-order valence-corrected chi connectivity index (χ0v) is 10.3. The van der Waals surface area contributed by atoms with E-state index >= 15 is 0 Å². The molecule has 0 aliphatic carbocycles. The van der Waals surface area contributed by atoms with Gasteiger partial charge in [-0.05, 0) is 48.5 Å². The predicted molar refractivity (Wildman–Crippen MR) is 69.3 cm³/mol. The minimum absolute atomic E-state index is 0.769. The van der Waals surface area contributed by atoms with Crippen molar-refractivity contribution in [2.75, 3.05) is 0 Å². The summed E-state index contributed by atoms with van der Waals surface area (Å²) >= 11 is 11.8. The molecule has 0 N–H and O–H groups in total. The van der Waals surface area contributed by atoms with Gasteiger partial charge in [0, 0.05) is 19.7 Å². The average Bonchev–Trinajstić information content (AvgIpc) is 2.25. The molecule has 0 radical (unpaired) electrons. The van der Waals surface area contributed by atoms with Crippen molar-refractivity contribution in [1.82, 2.24) is 0 Å². The lowest BCUT2D eigenvalue weighted by Gasteiger charge is -2.01. The van der Waals surface area contributed by atoms with E-state index < -0.39 is 0 Å². The smallest absolute Gasteiger partial charge is 0.0406 e. The predicted octanol–water partition coefficient (Wildman–Crippen LogP) is 4.78. The van der Waals surface area contributed by atoms with Crippen LogP contribution in [0.2, 0.25) is 5.02 Å². The van der Waals surface area contributed by atoms with Gasteiger partial charge in [0.15, 0.2) is 0 Å². The fraction of sp³-hybridized carbons (Fsp3) is 0. The molecule has 2 aromatic rings. The van der Waals surface area contributed by atoms with Crippen molar-refractivity contribution in [1.29, 1.82) is 0 Å². The lowest BCUT2D eigenvalue weighted by atomic mass is 10.4. The maximum atomic E-state index is 5.82. The first-order valence-corrected chi connectivity index (χ1v) is 6.11. The van der Waals surface area contributed by atoms with E-state index in [1.165, 1.54) is 9.79 Å². The van der Waals surface area contributed by atoms with Gasteiger partial charge in [0.2, 0.25) is 0 Å². The number of halogens is 1. The van der Waals surface area contributed by atoms with Crippen molar-refractivity contribution in [3.63, 3.8) is 0 Å². The molecule has 0 atom stereocenters. The summed E-state index contributed by atoms with van der Waals surface area (Å²) in [5.74, 6) is 0. The normalized spacial score (nSPS) is 10.3. The highest BCUT2D eigenvalue weighted by Crippen LogP contribution is 2.28. The van der Waals surface area contributed by atoms with E-state index in [0.717, 1.165) is 9.92 Å². The Bertz CT molecular complexity index is 391. The van der Waals surface area contributed by atoms with Crippen LogP contribution in [0.4, 0.5) is 0 Å². The fourth-order valence-corrected chi connectivity index (χ4v) is 2.24. The minimum atomic E-state index is 0.769. The van der Waals surface area contributed by atoms with Gasteiger partial charge in [0.05, 0.1) is 0 Å². The van der Waals surface area contributed by atoms with Gasteiger partial charge in [-0.3, -0.25) is 0 Å². The molecule has 0 spiro atoms. The number of hydrogen-bond acceptors (Lipinski definition) is 2. The zero-order chi connectivity index (χ0) is 10.7. The Balaban J connectivity index is 2.15. The van der Waals surface area contributed by atoms with Crippen LogP contribution in [0.5, 0.6) is 0 Å². The Kier molecular flexibility index (Phi) is 3.62. The van der Waals surface area contributed by atoms with Gasteiger partial charge in [0.25, 0.3) is 0 Å². The Labute approximate surface area is 104 Å². The highest BCUT2D eigenvalue weighted by atomic mass is 35.5. The monoisotopic (exact) mass is 252 g/mol. The van der Waals surface area contributed by atoms with Crippen molar-refractivity contribution < 1.29 is 0 Å². The molecule has 0 aliphatic heterocycles. The average molecular weight is 253 g/mol. The van der Waals surface area contributed by atoms with Crippen LogP contribution < -0.4 is 0 Å². The second kappa shape index (κ2) is 4.97. The second-order valence-electron chi connectivity index (χ2n) is 3.05. The molecule has 0 bridgehead atoms. The number of thiol groups is 1. The van der Waals surface area contributed by atoms with E-state index in [-0.39, 0.29) is 0 Å². The lowest BCUT2D eigenvalue weighted by molar-refractivity contribution is 1.35. The topological polar surface area (TPSA) is 0 Å². The molecule has 0 aliphatic rings. The Morgan fingerprint density at radius 2 is 1.27 bits per heavy atom. The summed E-state index contributed by atoms with van der Waals surface area (Å²) in [4.78, 5) is 3.37. The first kappa shape index (κ1) is 10.9. The molecule has 0 saturated heterocycles. The summed E-state index contributed by atoms with van der Waals surface area (Å²) in [5, 5.41) is 0.769. The SMILES string of the molecule is Sc1ccc(Sc2ccc(Cl)cc2)cc1. The van der Waals surface area contributed by atoms with Crippen LogP contribution in [0.3, 0.4) is 0 Å². The molecule has 2 rings (SSSR count). The fourth-order valence-electron chi connectivity index (χ4n) is 1.15. The van der Waals surface area contributed by atoms with Gasteiger partial charge in [-0.2, -0.15) is 0 Å². The van der Waals surface area contributed by atoms with Crippen LogP contribution in [0.15, 0.2) is 63.2 Å². The molecule has 0 saturated carbocycles. The van der Waals surface area contributed by atoms with E-state index in [0.29, 0.717) is 0 Å². The summed E-state index contributed by atoms with van der Waals surface area (Å²) in [6.07, 6.45) is 0. The van der Waals surface area contributed by atoms with Crippen LogP contribution in [0.1, 0.15) is 0 Å². The summed E-state index contributed by atoms with van der Waals surface area (Å²) < 4.78 is 0. The molecule has 15 heavy (non-hydrogen) atoms. The molecule has 0 unspecified atom stereocenters. The summed E-state index contributed by atoms with van der Waals surface area (Å²) in [7, 11) is 0.